The average molecular weight is 458 g/mol. The van der Waals surface area contributed by atoms with Crippen molar-refractivity contribution in [1.82, 2.24) is 4.98 Å². The van der Waals surface area contributed by atoms with E-state index in [1.54, 1.807) is 49.4 Å². The minimum absolute atomic E-state index is 0.0632. The third-order valence-corrected chi connectivity index (χ3v) is 6.01. The van der Waals surface area contributed by atoms with E-state index >= 15 is 0 Å². The van der Waals surface area contributed by atoms with Crippen molar-refractivity contribution in [3.63, 3.8) is 0 Å². The zero-order valence-corrected chi connectivity index (χ0v) is 18.3. The molecule has 5 rings (SSSR count). The second kappa shape index (κ2) is 8.36. The molecule has 2 N–H and O–H groups in total. The van der Waals surface area contributed by atoms with E-state index in [1.807, 2.05) is 23.6 Å². The van der Waals surface area contributed by atoms with Gasteiger partial charge in [-0.2, -0.15) is 0 Å². The topological polar surface area (TPSA) is 105 Å². The van der Waals surface area contributed by atoms with Crippen molar-refractivity contribution < 1.29 is 18.8 Å². The maximum absolute atomic E-state index is 13.1. The van der Waals surface area contributed by atoms with Crippen molar-refractivity contribution in [3.8, 4) is 10.8 Å². The maximum atomic E-state index is 13.1. The number of amides is 3. The molecule has 0 aliphatic carbocycles. The van der Waals surface area contributed by atoms with Crippen molar-refractivity contribution in [2.24, 2.45) is 0 Å². The lowest BCUT2D eigenvalue weighted by molar-refractivity contribution is -0.115. The molecule has 9 heteroatoms. The molecule has 0 bridgehead atoms. The van der Waals surface area contributed by atoms with Crippen LogP contribution in [0.3, 0.4) is 0 Å². The van der Waals surface area contributed by atoms with E-state index < -0.39 is 5.91 Å². The van der Waals surface area contributed by atoms with Gasteiger partial charge in [-0.05, 0) is 54.8 Å². The summed E-state index contributed by atoms with van der Waals surface area (Å²) < 4.78 is 5.63. The van der Waals surface area contributed by atoms with Crippen molar-refractivity contribution in [3.05, 3.63) is 83.1 Å². The van der Waals surface area contributed by atoms with E-state index in [2.05, 4.69) is 15.6 Å². The molecular weight excluding hydrogens is 440 g/mol. The van der Waals surface area contributed by atoms with Crippen LogP contribution in [0.25, 0.3) is 10.8 Å². The number of aryl methyl sites for hydroxylation is 1. The first-order valence-electron chi connectivity index (χ1n) is 10.1. The standard InChI is InChI=1S/C24H18N4O4S/c1-14-21(27-23(32-14)19-7-4-12-33-19)22(30)25-16-10-8-15(9-11-16)24(31)28-13-20(29)26-17-5-2-3-6-18(17)28/h2-12H,13H2,1H3,(H,25,30)(H,26,29). The summed E-state index contributed by atoms with van der Waals surface area (Å²) in [6.07, 6.45) is 0. The minimum atomic E-state index is -0.403. The molecule has 4 aromatic rings. The van der Waals surface area contributed by atoms with Gasteiger partial charge in [0.25, 0.3) is 11.8 Å². The Labute approximate surface area is 192 Å². The predicted molar refractivity (Wildman–Crippen MR) is 126 cm³/mol. The third-order valence-electron chi connectivity index (χ3n) is 5.15. The lowest BCUT2D eigenvalue weighted by Gasteiger charge is -2.29. The minimum Gasteiger partial charge on any atom is -0.440 e. The Morgan fingerprint density at radius 1 is 1.09 bits per heavy atom. The van der Waals surface area contributed by atoms with Crippen molar-refractivity contribution in [2.45, 2.75) is 6.92 Å². The molecule has 0 saturated carbocycles. The molecule has 0 saturated heterocycles. The number of rotatable bonds is 4. The summed E-state index contributed by atoms with van der Waals surface area (Å²) in [4.78, 5) is 44.4. The molecule has 33 heavy (non-hydrogen) atoms. The Morgan fingerprint density at radius 2 is 1.88 bits per heavy atom. The highest BCUT2D eigenvalue weighted by molar-refractivity contribution is 7.13. The van der Waals surface area contributed by atoms with Crippen LogP contribution in [-0.2, 0) is 4.79 Å². The maximum Gasteiger partial charge on any atom is 0.277 e. The summed E-state index contributed by atoms with van der Waals surface area (Å²) in [6.45, 7) is 1.62. The molecule has 2 aromatic carbocycles. The summed E-state index contributed by atoms with van der Waals surface area (Å²) in [5, 5.41) is 7.45. The van der Waals surface area contributed by atoms with Crippen molar-refractivity contribution in [2.75, 3.05) is 22.1 Å². The van der Waals surface area contributed by atoms with Crippen LogP contribution in [0.2, 0.25) is 0 Å². The van der Waals surface area contributed by atoms with Gasteiger partial charge in [-0.25, -0.2) is 4.98 Å². The van der Waals surface area contributed by atoms with E-state index in [-0.39, 0.29) is 24.1 Å². The lowest BCUT2D eigenvalue weighted by Crippen LogP contribution is -2.42. The average Bonchev–Trinajstić information content (AvgIpc) is 3.48. The summed E-state index contributed by atoms with van der Waals surface area (Å²) in [6, 6.07) is 17.4. The van der Waals surface area contributed by atoms with Crippen LogP contribution in [0.4, 0.5) is 17.1 Å². The number of carbonyl (C=O) groups excluding carboxylic acids is 3. The van der Waals surface area contributed by atoms with Gasteiger partial charge >= 0.3 is 0 Å². The largest absolute Gasteiger partial charge is 0.440 e. The molecule has 0 spiro atoms. The summed E-state index contributed by atoms with van der Waals surface area (Å²) in [5.74, 6) is -0.136. The fourth-order valence-electron chi connectivity index (χ4n) is 3.57. The number of thiophene rings is 1. The highest BCUT2D eigenvalue weighted by Gasteiger charge is 2.27. The fraction of sp³-hybridized carbons (Fsp3) is 0.0833. The molecule has 3 amide bonds. The molecule has 0 atom stereocenters. The number of nitrogens with one attached hydrogen (secondary N) is 2. The summed E-state index contributed by atoms with van der Waals surface area (Å²) in [5.41, 5.74) is 2.34. The van der Waals surface area contributed by atoms with Gasteiger partial charge in [-0.15, -0.1) is 11.3 Å². The normalized spacial score (nSPS) is 12.8. The number of fused-ring (bicyclic) bond motifs is 1. The van der Waals surface area contributed by atoms with Crippen LogP contribution in [0.15, 0.2) is 70.5 Å². The Morgan fingerprint density at radius 3 is 2.64 bits per heavy atom. The summed E-state index contributed by atoms with van der Waals surface area (Å²) in [7, 11) is 0. The van der Waals surface area contributed by atoms with Gasteiger partial charge in [0.05, 0.1) is 16.3 Å². The van der Waals surface area contributed by atoms with Crippen LogP contribution < -0.4 is 15.5 Å². The van der Waals surface area contributed by atoms with Gasteiger partial charge in [0.2, 0.25) is 11.8 Å². The van der Waals surface area contributed by atoms with E-state index in [9.17, 15) is 14.4 Å². The van der Waals surface area contributed by atoms with Gasteiger partial charge in [0.1, 0.15) is 12.3 Å². The molecule has 2 aromatic heterocycles. The molecule has 164 valence electrons. The molecule has 0 fully saturated rings. The number of hydrogen-bond acceptors (Lipinski definition) is 6. The van der Waals surface area contributed by atoms with Gasteiger partial charge in [-0.1, -0.05) is 18.2 Å². The first-order valence-corrected chi connectivity index (χ1v) is 11.0. The van der Waals surface area contributed by atoms with E-state index in [1.165, 1.54) is 16.2 Å². The van der Waals surface area contributed by atoms with Gasteiger partial charge in [0.15, 0.2) is 5.69 Å². The van der Waals surface area contributed by atoms with Crippen LogP contribution in [0.5, 0.6) is 0 Å². The number of hydrogen-bond donors (Lipinski definition) is 2. The number of anilines is 3. The van der Waals surface area contributed by atoms with Crippen LogP contribution in [0.1, 0.15) is 26.6 Å². The smallest absolute Gasteiger partial charge is 0.277 e. The molecular formula is C24H18N4O4S. The molecule has 0 unspecified atom stereocenters. The molecule has 8 nitrogen and oxygen atoms in total. The van der Waals surface area contributed by atoms with E-state index in [0.717, 1.165) is 4.88 Å². The number of para-hydroxylation sites is 2. The molecule has 1 aliphatic rings. The lowest BCUT2D eigenvalue weighted by atomic mass is 10.1. The van der Waals surface area contributed by atoms with Crippen LogP contribution in [0, 0.1) is 6.92 Å². The quantitative estimate of drug-likeness (QED) is 0.466. The first kappa shape index (κ1) is 20.7. The number of oxazole rings is 1. The zero-order valence-electron chi connectivity index (χ0n) is 17.5. The van der Waals surface area contributed by atoms with Crippen LogP contribution >= 0.6 is 11.3 Å². The highest BCUT2D eigenvalue weighted by atomic mass is 32.1. The second-order valence-corrected chi connectivity index (χ2v) is 8.34. The first-order chi connectivity index (χ1) is 16.0. The Balaban J connectivity index is 1.32. The van der Waals surface area contributed by atoms with Gasteiger partial charge in [0, 0.05) is 11.3 Å². The Hall–Kier alpha value is -4.24. The Kier molecular flexibility index (Phi) is 5.23. The van der Waals surface area contributed by atoms with Crippen molar-refractivity contribution in [1.29, 1.82) is 0 Å². The SMILES string of the molecule is Cc1oc(-c2cccs2)nc1C(=O)Nc1ccc(C(=O)N2CC(=O)Nc3ccccc32)cc1. The monoisotopic (exact) mass is 458 g/mol. The molecule has 1 aliphatic heterocycles. The van der Waals surface area contributed by atoms with Gasteiger partial charge < -0.3 is 15.1 Å². The van der Waals surface area contributed by atoms with Crippen LogP contribution in [-0.4, -0.2) is 29.3 Å². The predicted octanol–water partition coefficient (Wildman–Crippen LogP) is 4.56. The third kappa shape index (κ3) is 4.01. The fourth-order valence-corrected chi connectivity index (χ4v) is 4.22. The van der Waals surface area contributed by atoms with E-state index in [4.69, 9.17) is 4.42 Å². The molecule has 3 heterocycles. The molecule has 0 radical (unpaired) electrons. The number of nitrogens with zero attached hydrogens (tertiary/aromatic N) is 2. The highest BCUT2D eigenvalue weighted by Crippen LogP contribution is 2.30. The zero-order chi connectivity index (χ0) is 22.9. The number of carbonyl (C=O) groups is 3. The van der Waals surface area contributed by atoms with E-state index in [0.29, 0.717) is 34.3 Å². The second-order valence-electron chi connectivity index (χ2n) is 7.39. The van der Waals surface area contributed by atoms with Gasteiger partial charge in [-0.3, -0.25) is 19.3 Å². The number of aromatic nitrogens is 1. The number of benzene rings is 2. The van der Waals surface area contributed by atoms with Crippen molar-refractivity contribution >= 4 is 46.1 Å². The Bertz CT molecular complexity index is 1360. The summed E-state index contributed by atoms with van der Waals surface area (Å²) >= 11 is 1.48.